The van der Waals surface area contributed by atoms with Crippen molar-refractivity contribution >= 4 is 35.5 Å². The number of ether oxygens (including phenoxy) is 2. The fourth-order valence-electron chi connectivity index (χ4n) is 2.51. The summed E-state index contributed by atoms with van der Waals surface area (Å²) < 4.78 is 19.1. The van der Waals surface area contributed by atoms with Crippen LogP contribution in [0.25, 0.3) is 0 Å². The molecule has 0 saturated carbocycles. The second kappa shape index (κ2) is 10.2. The van der Waals surface area contributed by atoms with Crippen LogP contribution in [0.5, 0.6) is 5.75 Å². The molecule has 0 aliphatic carbocycles. The predicted molar refractivity (Wildman–Crippen MR) is 117 cm³/mol. The first-order valence-electron chi connectivity index (χ1n) is 9.27. The minimum Gasteiger partial charge on any atom is -0.486 e. The van der Waals surface area contributed by atoms with Crippen molar-refractivity contribution in [2.24, 2.45) is 5.10 Å². The van der Waals surface area contributed by atoms with Crippen LogP contribution in [0, 0.1) is 0 Å². The Morgan fingerprint density at radius 1 is 1.25 bits per heavy atom. The van der Waals surface area contributed by atoms with E-state index in [1.807, 2.05) is 6.07 Å². The van der Waals surface area contributed by atoms with E-state index in [9.17, 15) is 4.79 Å². The molecule has 0 saturated heterocycles. The van der Waals surface area contributed by atoms with Crippen LogP contribution in [0.3, 0.4) is 0 Å². The molecule has 3 aromatic heterocycles. The number of hydrogen-bond donors (Lipinski definition) is 0. The summed E-state index contributed by atoms with van der Waals surface area (Å²) in [7, 11) is 1.31. The van der Waals surface area contributed by atoms with Gasteiger partial charge in [-0.25, -0.2) is 4.79 Å². The second-order valence-corrected chi connectivity index (χ2v) is 7.60. The van der Waals surface area contributed by atoms with E-state index in [1.54, 1.807) is 53.5 Å². The second-order valence-electron chi connectivity index (χ2n) is 6.25. The Kier molecular flexibility index (Phi) is 6.87. The van der Waals surface area contributed by atoms with Crippen molar-refractivity contribution in [3.05, 3.63) is 77.2 Å². The number of rotatable bonds is 9. The van der Waals surface area contributed by atoms with Gasteiger partial charge in [0, 0.05) is 11.2 Å². The average molecular weight is 473 g/mol. The molecule has 0 N–H and O–H groups in total. The van der Waals surface area contributed by atoms with E-state index in [-0.39, 0.29) is 12.3 Å². The van der Waals surface area contributed by atoms with E-state index in [4.69, 9.17) is 20.8 Å². The van der Waals surface area contributed by atoms with Crippen LogP contribution in [0.1, 0.15) is 22.0 Å². The molecule has 10 nitrogen and oxygen atoms in total. The lowest BCUT2D eigenvalue weighted by molar-refractivity contribution is 0.0593. The lowest BCUT2D eigenvalue weighted by Crippen LogP contribution is -2.04. The van der Waals surface area contributed by atoms with Gasteiger partial charge in [-0.2, -0.15) is 14.9 Å². The van der Waals surface area contributed by atoms with Crippen molar-refractivity contribution in [3.63, 3.8) is 0 Å². The monoisotopic (exact) mass is 472 g/mol. The topological polar surface area (TPSA) is 110 Å². The Balaban J connectivity index is 1.32. The van der Waals surface area contributed by atoms with Crippen molar-refractivity contribution in [1.82, 2.24) is 24.7 Å². The summed E-state index contributed by atoms with van der Waals surface area (Å²) in [5.41, 5.74) is 0.237. The molecule has 0 bridgehead atoms. The number of hydrogen-bond acceptors (Lipinski definition) is 9. The van der Waals surface area contributed by atoms with Gasteiger partial charge in [-0.15, -0.1) is 10.2 Å². The van der Waals surface area contributed by atoms with Gasteiger partial charge in [0.1, 0.15) is 30.2 Å². The lowest BCUT2D eigenvalue weighted by Gasteiger charge is -2.03. The molecule has 12 heteroatoms. The SMILES string of the molecule is COC(=O)c1ccn(CSc2nncn2/N=C\c2ccc(COc3ccc(Cl)cc3)o2)n1. The zero-order chi connectivity index (χ0) is 22.3. The fourth-order valence-corrected chi connectivity index (χ4v) is 3.36. The minimum atomic E-state index is -0.488. The molecule has 4 aromatic rings. The maximum absolute atomic E-state index is 11.5. The highest BCUT2D eigenvalue weighted by Gasteiger charge is 2.10. The van der Waals surface area contributed by atoms with Gasteiger partial charge in [0.25, 0.3) is 0 Å². The van der Waals surface area contributed by atoms with Gasteiger partial charge in [0.2, 0.25) is 5.16 Å². The van der Waals surface area contributed by atoms with Crippen molar-refractivity contribution in [2.75, 3.05) is 7.11 Å². The van der Waals surface area contributed by atoms with E-state index >= 15 is 0 Å². The Morgan fingerprint density at radius 2 is 2.09 bits per heavy atom. The highest BCUT2D eigenvalue weighted by Crippen LogP contribution is 2.19. The Morgan fingerprint density at radius 3 is 2.91 bits per heavy atom. The van der Waals surface area contributed by atoms with Crippen LogP contribution in [-0.2, 0) is 17.2 Å². The molecule has 0 fully saturated rings. The van der Waals surface area contributed by atoms with Crippen molar-refractivity contribution in [1.29, 1.82) is 0 Å². The van der Waals surface area contributed by atoms with Gasteiger partial charge in [-0.3, -0.25) is 4.68 Å². The number of benzene rings is 1. The molecular weight excluding hydrogens is 456 g/mol. The van der Waals surface area contributed by atoms with Gasteiger partial charge in [0.15, 0.2) is 5.69 Å². The van der Waals surface area contributed by atoms with Crippen LogP contribution in [-0.4, -0.2) is 43.9 Å². The summed E-state index contributed by atoms with van der Waals surface area (Å²) in [5.74, 6) is 1.83. The zero-order valence-corrected chi connectivity index (χ0v) is 18.4. The summed E-state index contributed by atoms with van der Waals surface area (Å²) in [6.45, 7) is 0.278. The number of thioether (sulfide) groups is 1. The van der Waals surface area contributed by atoms with Crippen molar-refractivity contribution in [3.8, 4) is 5.75 Å². The molecule has 32 heavy (non-hydrogen) atoms. The predicted octanol–water partition coefficient (Wildman–Crippen LogP) is 3.72. The average Bonchev–Trinajstić information content (AvgIpc) is 3.56. The number of methoxy groups -OCH3 is 1. The summed E-state index contributed by atoms with van der Waals surface area (Å²) in [6, 6.07) is 12.3. The number of esters is 1. The first kappa shape index (κ1) is 21.7. The molecule has 0 aliphatic rings. The molecule has 1 aromatic carbocycles. The Bertz CT molecular complexity index is 1220. The molecule has 0 atom stereocenters. The van der Waals surface area contributed by atoms with Crippen LogP contribution >= 0.6 is 23.4 Å². The third-order valence-electron chi connectivity index (χ3n) is 4.05. The lowest BCUT2D eigenvalue weighted by atomic mass is 10.3. The molecule has 4 rings (SSSR count). The first-order chi connectivity index (χ1) is 15.6. The molecule has 0 aliphatic heterocycles. The van der Waals surface area contributed by atoms with Crippen LogP contribution in [0.15, 0.2) is 69.7 Å². The van der Waals surface area contributed by atoms with Crippen molar-refractivity contribution in [2.45, 2.75) is 17.6 Å². The van der Waals surface area contributed by atoms with E-state index in [0.717, 1.165) is 0 Å². The maximum atomic E-state index is 11.5. The zero-order valence-electron chi connectivity index (χ0n) is 16.8. The van der Waals surface area contributed by atoms with Crippen LogP contribution < -0.4 is 4.74 Å². The fraction of sp³-hybridized carbons (Fsp3) is 0.150. The third kappa shape index (κ3) is 5.56. The number of aromatic nitrogens is 5. The molecule has 164 valence electrons. The Hall–Kier alpha value is -3.57. The van der Waals surface area contributed by atoms with E-state index in [2.05, 4.69) is 25.1 Å². The minimum absolute atomic E-state index is 0.237. The maximum Gasteiger partial charge on any atom is 0.358 e. The largest absolute Gasteiger partial charge is 0.486 e. The molecule has 0 spiro atoms. The number of carbonyl (C=O) groups excluding carboxylic acids is 1. The highest BCUT2D eigenvalue weighted by atomic mass is 35.5. The molecule has 0 unspecified atom stereocenters. The summed E-state index contributed by atoms with van der Waals surface area (Å²) >= 11 is 7.22. The van der Waals surface area contributed by atoms with E-state index < -0.39 is 5.97 Å². The quantitative estimate of drug-likeness (QED) is 0.206. The van der Waals surface area contributed by atoms with Gasteiger partial charge < -0.3 is 13.9 Å². The molecular formula is C20H17ClN6O4S. The van der Waals surface area contributed by atoms with Gasteiger partial charge >= 0.3 is 5.97 Å². The summed E-state index contributed by atoms with van der Waals surface area (Å²) in [4.78, 5) is 11.5. The van der Waals surface area contributed by atoms with Gasteiger partial charge in [-0.05, 0) is 42.5 Å². The molecule has 0 radical (unpaired) electrons. The first-order valence-corrected chi connectivity index (χ1v) is 10.6. The number of carbonyl (C=O) groups is 1. The van der Waals surface area contributed by atoms with Gasteiger partial charge in [0.05, 0.1) is 19.2 Å². The normalized spacial score (nSPS) is 11.2. The standard InChI is InChI=1S/C20H17ClN6O4S/c1-29-19(28)18-8-9-26(25-18)13-32-20-24-22-12-27(20)23-10-16-6-7-17(31-16)11-30-15-4-2-14(21)3-5-15/h2-10,12H,11,13H2,1H3/b23-10-. The van der Waals surface area contributed by atoms with Crippen molar-refractivity contribution < 1.29 is 18.7 Å². The summed E-state index contributed by atoms with van der Waals surface area (Å²) in [5, 5.41) is 17.6. The summed E-state index contributed by atoms with van der Waals surface area (Å²) in [6.07, 6.45) is 4.72. The smallest absolute Gasteiger partial charge is 0.358 e. The van der Waals surface area contributed by atoms with Gasteiger partial charge in [-0.1, -0.05) is 23.4 Å². The number of furan rings is 1. The van der Waals surface area contributed by atoms with Crippen LogP contribution in [0.4, 0.5) is 0 Å². The highest BCUT2D eigenvalue weighted by molar-refractivity contribution is 7.98. The van der Waals surface area contributed by atoms with Crippen LogP contribution in [0.2, 0.25) is 5.02 Å². The molecule has 0 amide bonds. The van der Waals surface area contributed by atoms with E-state index in [0.29, 0.717) is 33.3 Å². The third-order valence-corrected chi connectivity index (χ3v) is 5.22. The number of nitrogens with zero attached hydrogens (tertiary/aromatic N) is 6. The number of halogens is 1. The molecule has 3 heterocycles. The Labute approximate surface area is 191 Å². The van der Waals surface area contributed by atoms with E-state index in [1.165, 1.54) is 29.9 Å².